The zero-order valence-electron chi connectivity index (χ0n) is 13.7. The third-order valence-corrected chi connectivity index (χ3v) is 3.89. The molecule has 24 heavy (non-hydrogen) atoms. The standard InChI is InChI=1S/C19H21N3O2/c1-14-11-12-17(19(23)20-14)22-21-16-9-5-6-10-18(16)24-13-15-7-3-2-4-8-15/h2-10,14,21H,11-13H2,1H3,(H,20,23)/b22-17+. The summed E-state index contributed by atoms with van der Waals surface area (Å²) in [6.45, 7) is 2.48. The molecule has 0 bridgehead atoms. The summed E-state index contributed by atoms with van der Waals surface area (Å²) in [4.78, 5) is 11.9. The van der Waals surface area contributed by atoms with Crippen molar-refractivity contribution < 1.29 is 9.53 Å². The van der Waals surface area contributed by atoms with Crippen LogP contribution in [0.4, 0.5) is 5.69 Å². The maximum absolute atomic E-state index is 11.9. The first kappa shape index (κ1) is 16.1. The highest BCUT2D eigenvalue weighted by Crippen LogP contribution is 2.25. The van der Waals surface area contributed by atoms with Crippen LogP contribution in [0.25, 0.3) is 0 Å². The molecule has 1 atom stereocenters. The number of para-hydroxylation sites is 2. The average Bonchev–Trinajstić information content (AvgIpc) is 2.61. The van der Waals surface area contributed by atoms with Crippen LogP contribution in [0.2, 0.25) is 0 Å². The van der Waals surface area contributed by atoms with Gasteiger partial charge in [-0.3, -0.25) is 10.2 Å². The number of carbonyl (C=O) groups is 1. The molecule has 0 saturated carbocycles. The number of anilines is 1. The minimum absolute atomic E-state index is 0.107. The van der Waals surface area contributed by atoms with Crippen molar-refractivity contribution in [2.24, 2.45) is 5.10 Å². The Morgan fingerprint density at radius 1 is 1.17 bits per heavy atom. The van der Waals surface area contributed by atoms with E-state index in [1.165, 1.54) is 0 Å². The first-order chi connectivity index (χ1) is 11.7. The summed E-state index contributed by atoms with van der Waals surface area (Å²) in [7, 11) is 0. The number of rotatable bonds is 5. The fourth-order valence-electron chi connectivity index (χ4n) is 2.50. The first-order valence-electron chi connectivity index (χ1n) is 8.11. The lowest BCUT2D eigenvalue weighted by molar-refractivity contribution is -0.116. The van der Waals surface area contributed by atoms with Crippen LogP contribution in [0.3, 0.4) is 0 Å². The minimum Gasteiger partial charge on any atom is -0.487 e. The second-order valence-electron chi connectivity index (χ2n) is 5.85. The van der Waals surface area contributed by atoms with Crippen molar-refractivity contribution in [1.82, 2.24) is 5.32 Å². The van der Waals surface area contributed by atoms with Gasteiger partial charge in [0.15, 0.2) is 0 Å². The van der Waals surface area contributed by atoms with Gasteiger partial charge in [-0.2, -0.15) is 5.10 Å². The fourth-order valence-corrected chi connectivity index (χ4v) is 2.50. The van der Waals surface area contributed by atoms with Crippen LogP contribution >= 0.6 is 0 Å². The zero-order chi connectivity index (χ0) is 16.8. The van der Waals surface area contributed by atoms with Gasteiger partial charge in [-0.1, -0.05) is 42.5 Å². The highest BCUT2D eigenvalue weighted by atomic mass is 16.5. The molecule has 0 radical (unpaired) electrons. The van der Waals surface area contributed by atoms with E-state index < -0.39 is 0 Å². The number of ether oxygens (including phenoxy) is 1. The Kier molecular flexibility index (Phi) is 5.11. The number of hydrogen-bond acceptors (Lipinski definition) is 4. The van der Waals surface area contributed by atoms with Gasteiger partial charge in [0.2, 0.25) is 0 Å². The smallest absolute Gasteiger partial charge is 0.267 e. The second-order valence-corrected chi connectivity index (χ2v) is 5.85. The van der Waals surface area contributed by atoms with Crippen molar-refractivity contribution in [2.45, 2.75) is 32.4 Å². The fraction of sp³-hybridized carbons (Fsp3) is 0.263. The molecule has 1 amide bonds. The summed E-state index contributed by atoms with van der Waals surface area (Å²) in [5.74, 6) is 0.597. The molecule has 1 fully saturated rings. The Labute approximate surface area is 141 Å². The Balaban J connectivity index is 1.67. The molecule has 2 aromatic rings. The van der Waals surface area contributed by atoms with Gasteiger partial charge < -0.3 is 10.1 Å². The molecule has 3 rings (SSSR count). The first-order valence-corrected chi connectivity index (χ1v) is 8.11. The highest BCUT2D eigenvalue weighted by Gasteiger charge is 2.21. The third kappa shape index (κ3) is 4.13. The number of benzene rings is 2. The number of nitrogens with zero attached hydrogens (tertiary/aromatic N) is 1. The third-order valence-electron chi connectivity index (χ3n) is 3.89. The van der Waals surface area contributed by atoms with Crippen molar-refractivity contribution in [3.05, 3.63) is 60.2 Å². The summed E-state index contributed by atoms with van der Waals surface area (Å²) < 4.78 is 5.87. The molecule has 124 valence electrons. The lowest BCUT2D eigenvalue weighted by atomic mass is 10.0. The molecular weight excluding hydrogens is 302 g/mol. The molecule has 1 aliphatic heterocycles. The van der Waals surface area contributed by atoms with E-state index in [0.29, 0.717) is 24.5 Å². The second kappa shape index (κ2) is 7.64. The molecule has 1 aliphatic rings. The van der Waals surface area contributed by atoms with Gasteiger partial charge in [-0.25, -0.2) is 0 Å². The maximum Gasteiger partial charge on any atom is 0.267 e. The average molecular weight is 323 g/mol. The Morgan fingerprint density at radius 2 is 1.92 bits per heavy atom. The summed E-state index contributed by atoms with van der Waals surface area (Å²) >= 11 is 0. The summed E-state index contributed by atoms with van der Waals surface area (Å²) in [6, 6.07) is 17.8. The molecule has 0 aliphatic carbocycles. The van der Waals surface area contributed by atoms with Crippen molar-refractivity contribution in [3.8, 4) is 5.75 Å². The van der Waals surface area contributed by atoms with Crippen LogP contribution in [0, 0.1) is 0 Å². The highest BCUT2D eigenvalue weighted by molar-refractivity contribution is 6.39. The van der Waals surface area contributed by atoms with Crippen LogP contribution in [-0.2, 0) is 11.4 Å². The number of nitrogens with one attached hydrogen (secondary N) is 2. The van der Waals surface area contributed by atoms with Crippen LogP contribution in [0.15, 0.2) is 59.7 Å². The van der Waals surface area contributed by atoms with E-state index in [9.17, 15) is 4.79 Å². The molecule has 2 aromatic carbocycles. The lowest BCUT2D eigenvalue weighted by Gasteiger charge is -2.20. The van der Waals surface area contributed by atoms with Crippen LogP contribution in [0.1, 0.15) is 25.3 Å². The zero-order valence-corrected chi connectivity index (χ0v) is 13.7. The predicted octanol–water partition coefficient (Wildman–Crippen LogP) is 3.33. The molecule has 1 heterocycles. The van der Waals surface area contributed by atoms with Gasteiger partial charge >= 0.3 is 0 Å². The van der Waals surface area contributed by atoms with Crippen molar-refractivity contribution in [3.63, 3.8) is 0 Å². The topological polar surface area (TPSA) is 62.7 Å². The van der Waals surface area contributed by atoms with Gasteiger partial charge in [-0.15, -0.1) is 0 Å². The number of piperidine rings is 1. The van der Waals surface area contributed by atoms with Gasteiger partial charge in [0.05, 0.1) is 5.69 Å². The number of carbonyl (C=O) groups excluding carboxylic acids is 1. The maximum atomic E-state index is 11.9. The molecule has 2 N–H and O–H groups in total. The van der Waals surface area contributed by atoms with E-state index in [0.717, 1.165) is 17.7 Å². The summed E-state index contributed by atoms with van der Waals surface area (Å²) in [5.41, 5.74) is 5.33. The quantitative estimate of drug-likeness (QED) is 0.830. The lowest BCUT2D eigenvalue weighted by Crippen LogP contribution is -2.43. The van der Waals surface area contributed by atoms with Crippen molar-refractivity contribution >= 4 is 17.3 Å². The number of hydrazone groups is 1. The Hall–Kier alpha value is -2.82. The van der Waals surface area contributed by atoms with Crippen molar-refractivity contribution in [1.29, 1.82) is 0 Å². The SMILES string of the molecule is CC1CC/C(=N\Nc2ccccc2OCc2ccccc2)C(=O)N1. The van der Waals surface area contributed by atoms with Gasteiger partial charge in [0.25, 0.3) is 5.91 Å². The van der Waals surface area contributed by atoms with Gasteiger partial charge in [0, 0.05) is 6.04 Å². The van der Waals surface area contributed by atoms with Gasteiger partial charge in [-0.05, 0) is 37.5 Å². The summed E-state index contributed by atoms with van der Waals surface area (Å²) in [5, 5.41) is 7.15. The van der Waals surface area contributed by atoms with Crippen LogP contribution in [-0.4, -0.2) is 17.7 Å². The molecular formula is C19H21N3O2. The Bertz CT molecular complexity index is 728. The molecule has 0 spiro atoms. The van der Waals surface area contributed by atoms with Crippen LogP contribution < -0.4 is 15.5 Å². The Morgan fingerprint density at radius 3 is 2.71 bits per heavy atom. The van der Waals surface area contributed by atoms with E-state index in [-0.39, 0.29) is 11.9 Å². The summed E-state index contributed by atoms with van der Waals surface area (Å²) in [6.07, 6.45) is 1.57. The van der Waals surface area contributed by atoms with E-state index in [4.69, 9.17) is 4.74 Å². The molecule has 5 heteroatoms. The molecule has 5 nitrogen and oxygen atoms in total. The van der Waals surface area contributed by atoms with Crippen molar-refractivity contribution in [2.75, 3.05) is 5.43 Å². The van der Waals surface area contributed by atoms with E-state index >= 15 is 0 Å². The van der Waals surface area contributed by atoms with Crippen LogP contribution in [0.5, 0.6) is 5.75 Å². The molecule has 0 aromatic heterocycles. The molecule has 1 saturated heterocycles. The largest absolute Gasteiger partial charge is 0.487 e. The van der Waals surface area contributed by atoms with E-state index in [1.807, 2.05) is 61.5 Å². The monoisotopic (exact) mass is 323 g/mol. The van der Waals surface area contributed by atoms with Gasteiger partial charge in [0.1, 0.15) is 18.1 Å². The van der Waals surface area contributed by atoms with E-state index in [2.05, 4.69) is 15.8 Å². The van der Waals surface area contributed by atoms with E-state index in [1.54, 1.807) is 0 Å². The normalized spacial score (nSPS) is 19.0. The minimum atomic E-state index is -0.107. The number of amides is 1. The predicted molar refractivity (Wildman–Crippen MR) is 95.1 cm³/mol. The molecule has 1 unspecified atom stereocenters. The number of hydrogen-bond donors (Lipinski definition) is 2.